The molecule has 0 spiro atoms. The van der Waals surface area contributed by atoms with Gasteiger partial charge in [0, 0.05) is 12.1 Å². The van der Waals surface area contributed by atoms with Crippen molar-refractivity contribution in [1.82, 2.24) is 9.78 Å². The molecule has 0 atom stereocenters. The Bertz CT molecular complexity index is 682. The lowest BCUT2D eigenvalue weighted by molar-refractivity contribution is 0.0991. The van der Waals surface area contributed by atoms with E-state index in [4.69, 9.17) is 5.73 Å². The van der Waals surface area contributed by atoms with Gasteiger partial charge < -0.3 is 5.73 Å². The number of para-hydroxylation sites is 1. The summed E-state index contributed by atoms with van der Waals surface area (Å²) < 4.78 is 16.1. The summed E-state index contributed by atoms with van der Waals surface area (Å²) in [7, 11) is 0. The van der Waals surface area contributed by atoms with Crippen LogP contribution < -0.4 is 5.73 Å². The standard InChI is InChI=1S/C15H17BrFN3O/c1-3-11-14(16)12(20(4-2)19-11)8-13(21)9-6-5-7-10(17)15(9)18/h5-7H,3-4,8,18H2,1-2H3. The van der Waals surface area contributed by atoms with E-state index < -0.39 is 5.82 Å². The van der Waals surface area contributed by atoms with Crippen molar-refractivity contribution in [3.63, 3.8) is 0 Å². The number of ketones is 1. The molecular weight excluding hydrogens is 337 g/mol. The lowest BCUT2D eigenvalue weighted by Gasteiger charge is -2.07. The highest BCUT2D eigenvalue weighted by molar-refractivity contribution is 9.10. The Morgan fingerprint density at radius 2 is 2.14 bits per heavy atom. The number of nitrogens with zero attached hydrogens (tertiary/aromatic N) is 2. The van der Waals surface area contributed by atoms with Gasteiger partial charge in [-0.3, -0.25) is 9.48 Å². The first-order valence-electron chi connectivity index (χ1n) is 6.80. The molecule has 0 bridgehead atoms. The second kappa shape index (κ2) is 6.39. The van der Waals surface area contributed by atoms with E-state index in [1.807, 2.05) is 13.8 Å². The number of carbonyl (C=O) groups excluding carboxylic acids is 1. The van der Waals surface area contributed by atoms with Crippen LogP contribution >= 0.6 is 15.9 Å². The molecule has 0 saturated carbocycles. The predicted molar refractivity (Wildman–Crippen MR) is 83.8 cm³/mol. The van der Waals surface area contributed by atoms with E-state index in [1.54, 1.807) is 10.7 Å². The SMILES string of the molecule is CCc1nn(CC)c(CC(=O)c2cccc(F)c2N)c1Br. The molecule has 0 aliphatic carbocycles. The zero-order valence-electron chi connectivity index (χ0n) is 12.0. The van der Waals surface area contributed by atoms with Crippen LogP contribution in [0.15, 0.2) is 22.7 Å². The summed E-state index contributed by atoms with van der Waals surface area (Å²) in [4.78, 5) is 12.4. The van der Waals surface area contributed by atoms with Crippen LogP contribution in [0.2, 0.25) is 0 Å². The monoisotopic (exact) mass is 353 g/mol. The first kappa shape index (κ1) is 15.7. The number of nitrogen functional groups attached to an aromatic ring is 1. The molecule has 1 aromatic heterocycles. The van der Waals surface area contributed by atoms with Crippen molar-refractivity contribution in [1.29, 1.82) is 0 Å². The topological polar surface area (TPSA) is 60.9 Å². The summed E-state index contributed by atoms with van der Waals surface area (Å²) in [5, 5.41) is 4.45. The maximum absolute atomic E-state index is 13.5. The number of halogens is 2. The third-order valence-electron chi connectivity index (χ3n) is 3.38. The zero-order chi connectivity index (χ0) is 15.6. The quantitative estimate of drug-likeness (QED) is 0.662. The highest BCUT2D eigenvalue weighted by Gasteiger charge is 2.19. The molecule has 2 aromatic rings. The number of aryl methyl sites for hydroxylation is 2. The molecule has 2 rings (SSSR count). The van der Waals surface area contributed by atoms with Crippen molar-refractivity contribution in [3.05, 3.63) is 45.4 Å². The van der Waals surface area contributed by atoms with Crippen LogP contribution in [-0.2, 0) is 19.4 Å². The highest BCUT2D eigenvalue weighted by atomic mass is 79.9. The van der Waals surface area contributed by atoms with Gasteiger partial charge in [0.05, 0.1) is 28.0 Å². The van der Waals surface area contributed by atoms with E-state index in [0.717, 1.165) is 22.3 Å². The zero-order valence-corrected chi connectivity index (χ0v) is 13.6. The summed E-state index contributed by atoms with van der Waals surface area (Å²) in [6.07, 6.45) is 0.909. The third kappa shape index (κ3) is 3.00. The molecule has 0 saturated heterocycles. The van der Waals surface area contributed by atoms with Crippen LogP contribution in [-0.4, -0.2) is 15.6 Å². The van der Waals surface area contributed by atoms with Crippen LogP contribution in [0.5, 0.6) is 0 Å². The number of hydrogen-bond acceptors (Lipinski definition) is 3. The average Bonchev–Trinajstić information content (AvgIpc) is 2.78. The molecule has 21 heavy (non-hydrogen) atoms. The molecule has 0 fully saturated rings. The lowest BCUT2D eigenvalue weighted by Crippen LogP contribution is -2.12. The van der Waals surface area contributed by atoms with Crippen molar-refractivity contribution in [2.75, 3.05) is 5.73 Å². The van der Waals surface area contributed by atoms with Gasteiger partial charge in [-0.15, -0.1) is 0 Å². The Kier molecular flexibility index (Phi) is 4.77. The summed E-state index contributed by atoms with van der Waals surface area (Å²) >= 11 is 3.50. The van der Waals surface area contributed by atoms with Crippen molar-refractivity contribution in [2.24, 2.45) is 0 Å². The number of hydrogen-bond donors (Lipinski definition) is 1. The summed E-state index contributed by atoms with van der Waals surface area (Å²) in [5.74, 6) is -0.789. The first-order valence-corrected chi connectivity index (χ1v) is 7.60. The number of carbonyl (C=O) groups is 1. The van der Waals surface area contributed by atoms with E-state index in [0.29, 0.717) is 6.54 Å². The van der Waals surface area contributed by atoms with E-state index >= 15 is 0 Å². The summed E-state index contributed by atoms with van der Waals surface area (Å²) in [6.45, 7) is 4.63. The minimum absolute atomic E-state index is 0.100. The number of anilines is 1. The Morgan fingerprint density at radius 3 is 2.76 bits per heavy atom. The van der Waals surface area contributed by atoms with Crippen molar-refractivity contribution in [3.8, 4) is 0 Å². The fraction of sp³-hybridized carbons (Fsp3) is 0.333. The maximum atomic E-state index is 13.5. The van der Waals surface area contributed by atoms with Crippen molar-refractivity contribution < 1.29 is 9.18 Å². The normalized spacial score (nSPS) is 10.9. The molecule has 1 aromatic carbocycles. The van der Waals surface area contributed by atoms with Crippen molar-refractivity contribution in [2.45, 2.75) is 33.2 Å². The number of Topliss-reactive ketones (excluding diaryl/α,β-unsaturated/α-hetero) is 1. The van der Waals surface area contributed by atoms with Gasteiger partial charge in [-0.2, -0.15) is 5.10 Å². The van der Waals surface area contributed by atoms with E-state index in [1.165, 1.54) is 12.1 Å². The molecular formula is C15H17BrFN3O. The van der Waals surface area contributed by atoms with Crippen LogP contribution in [0.3, 0.4) is 0 Å². The van der Waals surface area contributed by atoms with Crippen molar-refractivity contribution >= 4 is 27.4 Å². The van der Waals surface area contributed by atoms with E-state index in [9.17, 15) is 9.18 Å². The van der Waals surface area contributed by atoms with Gasteiger partial charge in [-0.1, -0.05) is 13.0 Å². The number of nitrogens with two attached hydrogens (primary N) is 1. The Labute approximate surface area is 131 Å². The van der Waals surface area contributed by atoms with Gasteiger partial charge in [0.25, 0.3) is 0 Å². The molecule has 2 N–H and O–H groups in total. The Balaban J connectivity index is 2.36. The molecule has 0 aliphatic heterocycles. The second-order valence-corrected chi connectivity index (χ2v) is 5.47. The minimum Gasteiger partial charge on any atom is -0.396 e. The van der Waals surface area contributed by atoms with Crippen LogP contribution in [0, 0.1) is 5.82 Å². The largest absolute Gasteiger partial charge is 0.396 e. The smallest absolute Gasteiger partial charge is 0.171 e. The Hall–Kier alpha value is -1.69. The molecule has 0 aliphatic rings. The molecule has 1 heterocycles. The molecule has 0 amide bonds. The maximum Gasteiger partial charge on any atom is 0.171 e. The third-order valence-corrected chi connectivity index (χ3v) is 4.29. The van der Waals surface area contributed by atoms with Gasteiger partial charge in [-0.25, -0.2) is 4.39 Å². The predicted octanol–water partition coefficient (Wildman–Crippen LogP) is 3.37. The molecule has 0 radical (unpaired) electrons. The van der Waals surface area contributed by atoms with Gasteiger partial charge in [0.1, 0.15) is 5.82 Å². The minimum atomic E-state index is -0.571. The number of rotatable bonds is 5. The molecule has 112 valence electrons. The fourth-order valence-electron chi connectivity index (χ4n) is 2.21. The van der Waals surface area contributed by atoms with Crippen LogP contribution in [0.1, 0.15) is 35.6 Å². The van der Waals surface area contributed by atoms with Gasteiger partial charge in [-0.05, 0) is 41.4 Å². The molecule has 0 unspecified atom stereocenters. The number of benzene rings is 1. The second-order valence-electron chi connectivity index (χ2n) is 4.68. The van der Waals surface area contributed by atoms with E-state index in [-0.39, 0.29) is 23.5 Å². The summed E-state index contributed by atoms with van der Waals surface area (Å²) in [6, 6.07) is 4.28. The van der Waals surface area contributed by atoms with Crippen LogP contribution in [0.4, 0.5) is 10.1 Å². The van der Waals surface area contributed by atoms with E-state index in [2.05, 4.69) is 21.0 Å². The van der Waals surface area contributed by atoms with Gasteiger partial charge in [0.2, 0.25) is 0 Å². The van der Waals surface area contributed by atoms with Crippen LogP contribution in [0.25, 0.3) is 0 Å². The first-order chi connectivity index (χ1) is 9.99. The lowest BCUT2D eigenvalue weighted by atomic mass is 10.0. The van der Waals surface area contributed by atoms with Gasteiger partial charge >= 0.3 is 0 Å². The molecule has 6 heteroatoms. The van der Waals surface area contributed by atoms with Gasteiger partial charge in [0.15, 0.2) is 5.78 Å². The number of aromatic nitrogens is 2. The Morgan fingerprint density at radius 1 is 1.43 bits per heavy atom. The fourth-order valence-corrected chi connectivity index (χ4v) is 2.92. The highest BCUT2D eigenvalue weighted by Crippen LogP contribution is 2.25. The average molecular weight is 354 g/mol. The summed E-state index contributed by atoms with van der Waals surface area (Å²) in [5.41, 5.74) is 7.46. The molecule has 4 nitrogen and oxygen atoms in total.